The smallest absolute Gasteiger partial charge is 0.171 e. The van der Waals surface area contributed by atoms with Crippen molar-refractivity contribution >= 4 is 34.4 Å². The number of morpholine rings is 1. The molecule has 1 aliphatic heterocycles. The van der Waals surface area contributed by atoms with Crippen molar-refractivity contribution in [2.75, 3.05) is 31.6 Å². The van der Waals surface area contributed by atoms with Crippen molar-refractivity contribution in [3.8, 4) is 0 Å². The monoisotopic (exact) mass is 379 g/mol. The first kappa shape index (κ1) is 18.3. The minimum atomic E-state index is -0.261. The van der Waals surface area contributed by atoms with Gasteiger partial charge >= 0.3 is 0 Å². The molecule has 4 nitrogen and oxygen atoms in total. The maximum absolute atomic E-state index is 13.0. The van der Waals surface area contributed by atoms with Gasteiger partial charge in [0.25, 0.3) is 0 Å². The van der Waals surface area contributed by atoms with Gasteiger partial charge in [-0.3, -0.25) is 4.90 Å². The van der Waals surface area contributed by atoms with E-state index in [1.807, 2.05) is 0 Å². The van der Waals surface area contributed by atoms with E-state index in [1.165, 1.54) is 17.0 Å². The molecule has 2 aromatic rings. The van der Waals surface area contributed by atoms with Crippen LogP contribution in [0.15, 0.2) is 41.8 Å². The molecule has 2 atom stereocenters. The van der Waals surface area contributed by atoms with E-state index >= 15 is 0 Å². The molecule has 3 rings (SSSR count). The van der Waals surface area contributed by atoms with Gasteiger partial charge in [-0.25, -0.2) is 4.39 Å². The number of halogens is 1. The highest BCUT2D eigenvalue weighted by Crippen LogP contribution is 2.29. The first-order valence-corrected chi connectivity index (χ1v) is 9.60. The van der Waals surface area contributed by atoms with Gasteiger partial charge in [0, 0.05) is 29.7 Å². The number of hydrogen-bond donors (Lipinski definition) is 2. The summed E-state index contributed by atoms with van der Waals surface area (Å²) in [6.07, 6.45) is 0. The molecule has 1 aromatic carbocycles. The molecule has 1 aliphatic rings. The molecule has 1 aromatic heterocycles. The van der Waals surface area contributed by atoms with Crippen LogP contribution in [0.1, 0.15) is 17.8 Å². The zero-order valence-electron chi connectivity index (χ0n) is 14.1. The average Bonchev–Trinajstić information content (AvgIpc) is 3.12. The maximum atomic E-state index is 13.0. The Balaban J connectivity index is 1.66. The van der Waals surface area contributed by atoms with Crippen molar-refractivity contribution in [3.05, 3.63) is 52.5 Å². The fourth-order valence-corrected chi connectivity index (χ4v) is 4.31. The highest BCUT2D eigenvalue weighted by atomic mass is 32.1. The molecule has 0 bridgehead atoms. The summed E-state index contributed by atoms with van der Waals surface area (Å²) >= 11 is 7.20. The van der Waals surface area contributed by atoms with Crippen LogP contribution in [-0.4, -0.2) is 42.4 Å². The Labute approximate surface area is 157 Å². The standard InChI is InChI=1S/C18H22FN3OS2/c1-13(20-18(24)21-15-6-4-14(19)5-7-15)17(16-3-2-12-25-16)22-8-10-23-11-9-22/h2-7,12-13,17H,8-11H2,1H3,(H2,20,21,24)/t13-,17+/m0/s1. The molecular weight excluding hydrogens is 357 g/mol. The fraction of sp³-hybridized carbons (Fsp3) is 0.389. The van der Waals surface area contributed by atoms with Crippen molar-refractivity contribution in [3.63, 3.8) is 0 Å². The molecule has 134 valence electrons. The van der Waals surface area contributed by atoms with Crippen molar-refractivity contribution in [2.45, 2.75) is 19.0 Å². The zero-order chi connectivity index (χ0) is 17.6. The number of hydrogen-bond acceptors (Lipinski definition) is 4. The number of thiophene rings is 1. The third-order valence-electron chi connectivity index (χ3n) is 4.21. The molecule has 0 amide bonds. The van der Waals surface area contributed by atoms with Crippen LogP contribution in [0, 0.1) is 5.82 Å². The van der Waals surface area contributed by atoms with E-state index in [1.54, 1.807) is 23.5 Å². The van der Waals surface area contributed by atoms with Crippen LogP contribution in [0.3, 0.4) is 0 Å². The van der Waals surface area contributed by atoms with Crippen molar-refractivity contribution < 1.29 is 9.13 Å². The summed E-state index contributed by atoms with van der Waals surface area (Å²) in [5.74, 6) is -0.261. The summed E-state index contributed by atoms with van der Waals surface area (Å²) in [7, 11) is 0. The second kappa shape index (κ2) is 8.71. The molecule has 0 radical (unpaired) electrons. The lowest BCUT2D eigenvalue weighted by Crippen LogP contribution is -2.49. The lowest BCUT2D eigenvalue weighted by Gasteiger charge is -2.38. The Morgan fingerprint density at radius 1 is 1.24 bits per heavy atom. The van der Waals surface area contributed by atoms with Crippen LogP contribution in [0.2, 0.25) is 0 Å². The predicted molar refractivity (Wildman–Crippen MR) is 105 cm³/mol. The van der Waals surface area contributed by atoms with E-state index in [-0.39, 0.29) is 17.9 Å². The molecular formula is C18H22FN3OS2. The van der Waals surface area contributed by atoms with E-state index in [2.05, 4.69) is 40.0 Å². The molecule has 1 fully saturated rings. The van der Waals surface area contributed by atoms with Crippen LogP contribution in [0.5, 0.6) is 0 Å². The summed E-state index contributed by atoms with van der Waals surface area (Å²) in [6, 6.07) is 10.8. The summed E-state index contributed by atoms with van der Waals surface area (Å²) in [5, 5.41) is 9.13. The largest absolute Gasteiger partial charge is 0.379 e. The third-order valence-corrected chi connectivity index (χ3v) is 5.37. The molecule has 1 saturated heterocycles. The molecule has 2 N–H and O–H groups in total. The van der Waals surface area contributed by atoms with Crippen LogP contribution in [0.25, 0.3) is 0 Å². The quantitative estimate of drug-likeness (QED) is 0.776. The summed E-state index contributed by atoms with van der Waals surface area (Å²) in [4.78, 5) is 3.75. The van der Waals surface area contributed by atoms with E-state index in [0.29, 0.717) is 5.11 Å². The normalized spacial score (nSPS) is 17.7. The van der Waals surface area contributed by atoms with Gasteiger partial charge < -0.3 is 15.4 Å². The van der Waals surface area contributed by atoms with Crippen molar-refractivity contribution in [1.82, 2.24) is 10.2 Å². The molecule has 0 spiro atoms. The lowest BCUT2D eigenvalue weighted by atomic mass is 10.1. The SMILES string of the molecule is C[C@H](NC(=S)Nc1ccc(F)cc1)[C@H](c1cccs1)N1CCOCC1. The van der Waals surface area contributed by atoms with E-state index in [9.17, 15) is 4.39 Å². The van der Waals surface area contributed by atoms with Gasteiger partial charge in [-0.15, -0.1) is 11.3 Å². The molecule has 0 unspecified atom stereocenters. The van der Waals surface area contributed by atoms with Crippen LogP contribution >= 0.6 is 23.6 Å². The first-order chi connectivity index (χ1) is 12.1. The van der Waals surface area contributed by atoms with Crippen LogP contribution in [-0.2, 0) is 4.74 Å². The van der Waals surface area contributed by atoms with Gasteiger partial charge in [-0.2, -0.15) is 0 Å². The Morgan fingerprint density at radius 3 is 2.60 bits per heavy atom. The lowest BCUT2D eigenvalue weighted by molar-refractivity contribution is 0.0110. The highest BCUT2D eigenvalue weighted by molar-refractivity contribution is 7.80. The van der Waals surface area contributed by atoms with E-state index < -0.39 is 0 Å². The summed E-state index contributed by atoms with van der Waals surface area (Å²) in [5.41, 5.74) is 0.769. The van der Waals surface area contributed by atoms with Gasteiger partial charge in [0.2, 0.25) is 0 Å². The number of rotatable bonds is 5. The maximum Gasteiger partial charge on any atom is 0.171 e. The zero-order valence-corrected chi connectivity index (χ0v) is 15.7. The van der Waals surface area contributed by atoms with E-state index in [0.717, 1.165) is 32.0 Å². The van der Waals surface area contributed by atoms with Crippen molar-refractivity contribution in [1.29, 1.82) is 0 Å². The molecule has 0 aliphatic carbocycles. The number of nitrogens with zero attached hydrogens (tertiary/aromatic N) is 1. The minimum Gasteiger partial charge on any atom is -0.379 e. The van der Waals surface area contributed by atoms with E-state index in [4.69, 9.17) is 17.0 Å². The highest BCUT2D eigenvalue weighted by Gasteiger charge is 2.28. The second-order valence-electron chi connectivity index (χ2n) is 6.00. The first-order valence-electron chi connectivity index (χ1n) is 8.32. The predicted octanol–water partition coefficient (Wildman–Crippen LogP) is 3.64. The average molecular weight is 380 g/mol. The number of benzene rings is 1. The van der Waals surface area contributed by atoms with Crippen molar-refractivity contribution in [2.24, 2.45) is 0 Å². The Hall–Kier alpha value is -1.54. The van der Waals surface area contributed by atoms with Gasteiger partial charge in [-0.1, -0.05) is 6.07 Å². The molecule has 2 heterocycles. The van der Waals surface area contributed by atoms with Crippen LogP contribution < -0.4 is 10.6 Å². The van der Waals surface area contributed by atoms with Gasteiger partial charge in [0.15, 0.2) is 5.11 Å². The van der Waals surface area contributed by atoms with Gasteiger partial charge in [-0.05, 0) is 54.9 Å². The third kappa shape index (κ3) is 4.98. The molecule has 25 heavy (non-hydrogen) atoms. The number of anilines is 1. The van der Waals surface area contributed by atoms with Gasteiger partial charge in [0.1, 0.15) is 5.82 Å². The molecule has 7 heteroatoms. The van der Waals surface area contributed by atoms with Crippen LogP contribution in [0.4, 0.5) is 10.1 Å². The summed E-state index contributed by atoms with van der Waals surface area (Å²) in [6.45, 7) is 5.47. The number of thiocarbonyl (C=S) groups is 1. The second-order valence-corrected chi connectivity index (χ2v) is 7.39. The Bertz CT molecular complexity index is 672. The minimum absolute atomic E-state index is 0.122. The fourth-order valence-electron chi connectivity index (χ4n) is 3.04. The number of nitrogens with one attached hydrogen (secondary N) is 2. The topological polar surface area (TPSA) is 36.5 Å². The Morgan fingerprint density at radius 2 is 1.96 bits per heavy atom. The van der Waals surface area contributed by atoms with Gasteiger partial charge in [0.05, 0.1) is 19.3 Å². The number of ether oxygens (including phenoxy) is 1. The Kier molecular flexibility index (Phi) is 6.36. The summed E-state index contributed by atoms with van der Waals surface area (Å²) < 4.78 is 18.5. The molecule has 0 saturated carbocycles.